The van der Waals surface area contributed by atoms with Gasteiger partial charge in [-0.15, -0.1) is 0 Å². The van der Waals surface area contributed by atoms with E-state index in [1.54, 1.807) is 0 Å². The van der Waals surface area contributed by atoms with E-state index < -0.39 is 6.10 Å². The zero-order valence-electron chi connectivity index (χ0n) is 48.8. The van der Waals surface area contributed by atoms with E-state index in [-0.39, 0.29) is 31.1 Å². The number of rotatable bonds is 57. The molecule has 0 amide bonds. The minimum Gasteiger partial charge on any atom is -0.462 e. The van der Waals surface area contributed by atoms with Crippen molar-refractivity contribution in [3.8, 4) is 0 Å². The topological polar surface area (TPSA) is 78.9 Å². The van der Waals surface area contributed by atoms with Crippen LogP contribution in [-0.2, 0) is 28.6 Å². The van der Waals surface area contributed by atoms with E-state index >= 15 is 0 Å². The highest BCUT2D eigenvalue weighted by Gasteiger charge is 2.19. The van der Waals surface area contributed by atoms with Crippen LogP contribution in [0.15, 0.2) is 85.1 Å². The summed E-state index contributed by atoms with van der Waals surface area (Å²) in [6.07, 6.45) is 81.6. The normalized spacial score (nSPS) is 12.6. The Hall–Kier alpha value is -3.41. The van der Waals surface area contributed by atoms with Gasteiger partial charge in [0.15, 0.2) is 6.10 Å². The molecule has 0 aliphatic carbocycles. The number of carbonyl (C=O) groups is 3. The van der Waals surface area contributed by atoms with Crippen LogP contribution in [0.4, 0.5) is 0 Å². The van der Waals surface area contributed by atoms with E-state index in [4.69, 9.17) is 14.2 Å². The molecule has 1 atom stereocenters. The van der Waals surface area contributed by atoms with Crippen molar-refractivity contribution >= 4 is 17.9 Å². The highest BCUT2D eigenvalue weighted by atomic mass is 16.6. The van der Waals surface area contributed by atoms with Crippen molar-refractivity contribution in [2.75, 3.05) is 13.2 Å². The molecule has 0 fully saturated rings. The molecule has 0 spiro atoms. The van der Waals surface area contributed by atoms with Crippen LogP contribution in [0.1, 0.15) is 310 Å². The van der Waals surface area contributed by atoms with Gasteiger partial charge in [-0.2, -0.15) is 0 Å². The second kappa shape index (κ2) is 62.1. The van der Waals surface area contributed by atoms with Gasteiger partial charge in [0, 0.05) is 19.3 Å². The van der Waals surface area contributed by atoms with Crippen molar-refractivity contribution in [3.05, 3.63) is 85.1 Å². The molecule has 0 saturated heterocycles. The summed E-state index contributed by atoms with van der Waals surface area (Å²) >= 11 is 0. The fourth-order valence-corrected chi connectivity index (χ4v) is 8.91. The number of ether oxygens (including phenoxy) is 3. The number of carbonyl (C=O) groups excluding carboxylic acids is 3. The lowest BCUT2D eigenvalue weighted by atomic mass is 10.0. The van der Waals surface area contributed by atoms with Gasteiger partial charge in [-0.25, -0.2) is 0 Å². The zero-order chi connectivity index (χ0) is 53.6. The standard InChI is InChI=1S/C68H118O6/c1-4-7-10-13-16-19-22-25-27-29-31-33-34-36-37-39-41-43-46-49-52-55-58-61-67(70)73-64-65(63-72-66(69)60-57-54-51-48-45-24-21-18-15-12-9-6-3)74-68(71)62-59-56-53-50-47-44-42-40-38-35-32-30-28-26-23-20-17-14-11-8-5-2/h7,10,16,18-19,21,25,27,31,33,36-37,41,43,65H,4-6,8-9,11-15,17,20,22-24,26,28-30,32,34-35,38-40,42,44-64H2,1-3H3/b10-7-,19-16-,21-18-,27-25-,33-31-,37-36-,43-41-. The smallest absolute Gasteiger partial charge is 0.306 e. The lowest BCUT2D eigenvalue weighted by Gasteiger charge is -2.18. The molecule has 6 nitrogen and oxygen atoms in total. The summed E-state index contributed by atoms with van der Waals surface area (Å²) in [6, 6.07) is 0. The van der Waals surface area contributed by atoms with Crippen LogP contribution >= 0.6 is 0 Å². The van der Waals surface area contributed by atoms with Crippen LogP contribution in [0.25, 0.3) is 0 Å². The van der Waals surface area contributed by atoms with Gasteiger partial charge in [0.25, 0.3) is 0 Å². The Morgan fingerprint density at radius 2 is 0.527 bits per heavy atom. The van der Waals surface area contributed by atoms with E-state index in [9.17, 15) is 14.4 Å². The summed E-state index contributed by atoms with van der Waals surface area (Å²) in [7, 11) is 0. The molecule has 0 aromatic heterocycles. The summed E-state index contributed by atoms with van der Waals surface area (Å²) in [5.41, 5.74) is 0. The van der Waals surface area contributed by atoms with E-state index in [1.165, 1.54) is 154 Å². The third-order valence-corrected chi connectivity index (χ3v) is 13.6. The molecule has 0 N–H and O–H groups in total. The lowest BCUT2D eigenvalue weighted by Crippen LogP contribution is -2.30. The molecule has 0 aliphatic heterocycles. The predicted octanol–water partition coefficient (Wildman–Crippen LogP) is 21.5. The van der Waals surface area contributed by atoms with Gasteiger partial charge in [-0.1, -0.05) is 279 Å². The van der Waals surface area contributed by atoms with E-state index in [0.29, 0.717) is 19.3 Å². The number of unbranched alkanes of at least 4 members (excludes halogenated alkanes) is 32. The third-order valence-electron chi connectivity index (χ3n) is 13.6. The first-order valence-electron chi connectivity index (χ1n) is 31.6. The number of hydrogen-bond donors (Lipinski definition) is 0. The van der Waals surface area contributed by atoms with Crippen LogP contribution in [0.2, 0.25) is 0 Å². The van der Waals surface area contributed by atoms with Crippen molar-refractivity contribution in [1.29, 1.82) is 0 Å². The van der Waals surface area contributed by atoms with Crippen LogP contribution in [0.3, 0.4) is 0 Å². The summed E-state index contributed by atoms with van der Waals surface area (Å²) in [5, 5.41) is 0. The maximum Gasteiger partial charge on any atom is 0.306 e. The molecule has 0 saturated carbocycles. The molecule has 0 radical (unpaired) electrons. The highest BCUT2D eigenvalue weighted by Crippen LogP contribution is 2.17. The van der Waals surface area contributed by atoms with Gasteiger partial charge < -0.3 is 14.2 Å². The van der Waals surface area contributed by atoms with Gasteiger partial charge in [-0.3, -0.25) is 14.4 Å². The average Bonchev–Trinajstić information content (AvgIpc) is 3.40. The van der Waals surface area contributed by atoms with Crippen molar-refractivity contribution < 1.29 is 28.6 Å². The minimum absolute atomic E-state index is 0.0870. The molecular formula is C68H118O6. The number of esters is 3. The Morgan fingerprint density at radius 1 is 0.284 bits per heavy atom. The maximum atomic E-state index is 12.9. The van der Waals surface area contributed by atoms with Gasteiger partial charge in [-0.05, 0) is 96.3 Å². The Kier molecular flexibility index (Phi) is 59.3. The van der Waals surface area contributed by atoms with Crippen LogP contribution in [-0.4, -0.2) is 37.2 Å². The largest absolute Gasteiger partial charge is 0.462 e. The second-order valence-electron chi connectivity index (χ2n) is 20.9. The zero-order valence-corrected chi connectivity index (χ0v) is 48.8. The number of allylic oxidation sites excluding steroid dienone is 14. The molecule has 0 aromatic rings. The van der Waals surface area contributed by atoms with Crippen LogP contribution in [0, 0.1) is 0 Å². The molecule has 0 aromatic carbocycles. The summed E-state index contributed by atoms with van der Waals surface area (Å²) in [6.45, 7) is 6.51. The molecule has 0 aliphatic rings. The predicted molar refractivity (Wildman–Crippen MR) is 321 cm³/mol. The Morgan fingerprint density at radius 3 is 0.865 bits per heavy atom. The van der Waals surface area contributed by atoms with Crippen molar-refractivity contribution in [1.82, 2.24) is 0 Å². The van der Waals surface area contributed by atoms with E-state index in [1.807, 2.05) is 0 Å². The molecule has 6 heteroatoms. The van der Waals surface area contributed by atoms with Crippen molar-refractivity contribution in [2.24, 2.45) is 0 Å². The number of hydrogen-bond acceptors (Lipinski definition) is 6. The first kappa shape index (κ1) is 70.6. The monoisotopic (exact) mass is 1030 g/mol. The van der Waals surface area contributed by atoms with Crippen molar-refractivity contribution in [3.63, 3.8) is 0 Å². The maximum absolute atomic E-state index is 12.9. The molecule has 426 valence electrons. The Bertz CT molecular complexity index is 1420. The molecule has 0 heterocycles. The molecule has 0 rings (SSSR count). The van der Waals surface area contributed by atoms with Crippen molar-refractivity contribution in [2.45, 2.75) is 316 Å². The van der Waals surface area contributed by atoms with Gasteiger partial charge in [0.2, 0.25) is 0 Å². The van der Waals surface area contributed by atoms with Gasteiger partial charge >= 0.3 is 17.9 Å². The lowest BCUT2D eigenvalue weighted by molar-refractivity contribution is -0.167. The fraction of sp³-hybridized carbons (Fsp3) is 0.750. The van der Waals surface area contributed by atoms with E-state index in [0.717, 1.165) is 116 Å². The Balaban J connectivity index is 4.36. The first-order chi connectivity index (χ1) is 36.5. The minimum atomic E-state index is -0.790. The van der Waals surface area contributed by atoms with Crippen LogP contribution in [0.5, 0.6) is 0 Å². The SMILES string of the molecule is CC/C=C\C/C=C\C/C=C\C/C=C\C/C=C\C/C=C\CCCCCCC(=O)OCC(COC(=O)CCCCCCC/C=C\CCCCC)OC(=O)CCCCCCCCCCCCCCCCCCCCCCC. The van der Waals surface area contributed by atoms with Gasteiger partial charge in [0.1, 0.15) is 13.2 Å². The first-order valence-corrected chi connectivity index (χ1v) is 31.6. The summed E-state index contributed by atoms with van der Waals surface area (Å²) in [4.78, 5) is 38.3. The molecular weight excluding hydrogens is 913 g/mol. The molecule has 74 heavy (non-hydrogen) atoms. The fourth-order valence-electron chi connectivity index (χ4n) is 8.91. The van der Waals surface area contributed by atoms with Gasteiger partial charge in [0.05, 0.1) is 0 Å². The summed E-state index contributed by atoms with van der Waals surface area (Å²) in [5.74, 6) is -0.908. The quantitative estimate of drug-likeness (QED) is 0.0261. The Labute approximate surface area is 458 Å². The molecule has 0 bridgehead atoms. The van der Waals surface area contributed by atoms with Crippen LogP contribution < -0.4 is 0 Å². The third kappa shape index (κ3) is 59.5. The highest BCUT2D eigenvalue weighted by molar-refractivity contribution is 5.71. The average molecular weight is 1030 g/mol. The second-order valence-corrected chi connectivity index (χ2v) is 20.9. The summed E-state index contributed by atoms with van der Waals surface area (Å²) < 4.78 is 16.9. The van der Waals surface area contributed by atoms with E-state index in [2.05, 4.69) is 106 Å². The molecule has 1 unspecified atom stereocenters.